The number of oxime groups is 1. The van der Waals surface area contributed by atoms with E-state index in [4.69, 9.17) is 10.9 Å². The predicted molar refractivity (Wildman–Crippen MR) is 55.2 cm³/mol. The summed E-state index contributed by atoms with van der Waals surface area (Å²) in [6.07, 6.45) is 0. The monoisotopic (exact) mass is 229 g/mol. The Morgan fingerprint density at radius 3 is 2.33 bits per heavy atom. The lowest BCUT2D eigenvalue weighted by atomic mass is 10.2. The summed E-state index contributed by atoms with van der Waals surface area (Å²) in [6, 6.07) is 5.66. The first-order chi connectivity index (χ1) is 7.01. The second-order valence-corrected chi connectivity index (χ2v) is 4.60. The van der Waals surface area contributed by atoms with Gasteiger partial charge >= 0.3 is 0 Å². The zero-order valence-corrected chi connectivity index (χ0v) is 8.82. The van der Waals surface area contributed by atoms with Crippen LogP contribution in [0.1, 0.15) is 5.56 Å². The van der Waals surface area contributed by atoms with Crippen LogP contribution in [-0.4, -0.2) is 26.5 Å². The van der Waals surface area contributed by atoms with Crippen molar-refractivity contribution in [3.63, 3.8) is 0 Å². The molecule has 1 rings (SSSR count). The molecule has 82 valence electrons. The van der Waals surface area contributed by atoms with Gasteiger partial charge in [-0.15, -0.1) is 0 Å². The zero-order valence-electron chi connectivity index (χ0n) is 8.01. The summed E-state index contributed by atoms with van der Waals surface area (Å²) in [5, 5.41) is 11.2. The van der Waals surface area contributed by atoms with E-state index in [0.29, 0.717) is 5.56 Å². The highest BCUT2D eigenvalue weighted by Gasteiger charge is 2.10. The topological polar surface area (TPSA) is 105 Å². The summed E-state index contributed by atoms with van der Waals surface area (Å²) in [5.74, 6) is -0.0663. The second kappa shape index (κ2) is 4.28. The molecule has 0 amide bonds. The summed E-state index contributed by atoms with van der Waals surface area (Å²) in [4.78, 5) is 0.125. The van der Waals surface area contributed by atoms with Crippen molar-refractivity contribution in [1.29, 1.82) is 0 Å². The maximum atomic E-state index is 11.3. The number of hydrogen-bond donors (Lipinski definition) is 3. The van der Waals surface area contributed by atoms with E-state index in [-0.39, 0.29) is 10.7 Å². The highest BCUT2D eigenvalue weighted by molar-refractivity contribution is 7.89. The molecule has 0 fully saturated rings. The molecular formula is C8H11N3O3S. The van der Waals surface area contributed by atoms with E-state index in [9.17, 15) is 8.42 Å². The van der Waals surface area contributed by atoms with Gasteiger partial charge in [0.15, 0.2) is 5.84 Å². The summed E-state index contributed by atoms with van der Waals surface area (Å²) >= 11 is 0. The van der Waals surface area contributed by atoms with Gasteiger partial charge in [0.25, 0.3) is 0 Å². The fourth-order valence-electron chi connectivity index (χ4n) is 0.980. The summed E-state index contributed by atoms with van der Waals surface area (Å²) in [5.41, 5.74) is 5.77. The van der Waals surface area contributed by atoms with Crippen LogP contribution in [0.25, 0.3) is 0 Å². The highest BCUT2D eigenvalue weighted by atomic mass is 32.2. The number of amidine groups is 1. The molecule has 0 unspecified atom stereocenters. The number of sulfonamides is 1. The number of rotatable bonds is 3. The number of nitrogens with two attached hydrogens (primary N) is 1. The van der Waals surface area contributed by atoms with Gasteiger partial charge in [-0.25, -0.2) is 13.1 Å². The molecule has 0 aromatic heterocycles. The smallest absolute Gasteiger partial charge is 0.240 e. The van der Waals surface area contributed by atoms with Crippen LogP contribution in [0.4, 0.5) is 0 Å². The Labute approximate surface area is 87.5 Å². The van der Waals surface area contributed by atoms with Crippen LogP contribution in [0.3, 0.4) is 0 Å². The third kappa shape index (κ3) is 2.45. The third-order valence-electron chi connectivity index (χ3n) is 1.84. The first kappa shape index (κ1) is 11.5. The van der Waals surface area contributed by atoms with E-state index in [2.05, 4.69) is 9.88 Å². The van der Waals surface area contributed by atoms with Gasteiger partial charge in [0, 0.05) is 5.56 Å². The SMILES string of the molecule is CNS(=O)(=O)c1ccc(C(N)=NO)cc1. The summed E-state index contributed by atoms with van der Waals surface area (Å²) < 4.78 is 24.8. The van der Waals surface area contributed by atoms with E-state index in [1.807, 2.05) is 0 Å². The van der Waals surface area contributed by atoms with Crippen molar-refractivity contribution in [3.8, 4) is 0 Å². The van der Waals surface area contributed by atoms with Crippen molar-refractivity contribution in [3.05, 3.63) is 29.8 Å². The van der Waals surface area contributed by atoms with Crippen LogP contribution in [-0.2, 0) is 10.0 Å². The van der Waals surface area contributed by atoms with Crippen LogP contribution in [0.5, 0.6) is 0 Å². The number of nitrogens with one attached hydrogen (secondary N) is 1. The third-order valence-corrected chi connectivity index (χ3v) is 3.27. The number of benzene rings is 1. The Balaban J connectivity index is 3.12. The van der Waals surface area contributed by atoms with Gasteiger partial charge in [-0.3, -0.25) is 0 Å². The molecular weight excluding hydrogens is 218 g/mol. The van der Waals surface area contributed by atoms with E-state index < -0.39 is 10.0 Å². The standard InChI is InChI=1S/C8H11N3O3S/c1-10-15(13,14)7-4-2-6(3-5-7)8(9)11-12/h2-5,10,12H,1H3,(H2,9,11). The molecule has 0 bridgehead atoms. The van der Waals surface area contributed by atoms with E-state index in [1.54, 1.807) is 0 Å². The maximum Gasteiger partial charge on any atom is 0.240 e. The first-order valence-corrected chi connectivity index (χ1v) is 5.51. The molecule has 0 saturated carbocycles. The van der Waals surface area contributed by atoms with Gasteiger partial charge < -0.3 is 10.9 Å². The lowest BCUT2D eigenvalue weighted by molar-refractivity contribution is 0.318. The van der Waals surface area contributed by atoms with Gasteiger partial charge in [0.1, 0.15) is 0 Å². The van der Waals surface area contributed by atoms with Crippen LogP contribution in [0.2, 0.25) is 0 Å². The fraction of sp³-hybridized carbons (Fsp3) is 0.125. The van der Waals surface area contributed by atoms with Gasteiger partial charge in [0.05, 0.1) is 4.90 Å². The molecule has 0 atom stereocenters. The summed E-state index contributed by atoms with van der Waals surface area (Å²) in [6.45, 7) is 0. The Bertz CT molecular complexity index is 464. The lowest BCUT2D eigenvalue weighted by Gasteiger charge is -2.03. The Morgan fingerprint density at radius 1 is 1.40 bits per heavy atom. The molecule has 1 aromatic carbocycles. The predicted octanol–water partition coefficient (Wildman–Crippen LogP) is -0.311. The van der Waals surface area contributed by atoms with E-state index in [1.165, 1.54) is 31.3 Å². The maximum absolute atomic E-state index is 11.3. The Hall–Kier alpha value is -1.60. The Kier molecular flexibility index (Phi) is 3.28. The largest absolute Gasteiger partial charge is 0.409 e. The van der Waals surface area contributed by atoms with E-state index >= 15 is 0 Å². The second-order valence-electron chi connectivity index (χ2n) is 2.72. The average molecular weight is 229 g/mol. The molecule has 6 nitrogen and oxygen atoms in total. The molecule has 0 saturated heterocycles. The van der Waals surface area contributed by atoms with Crippen molar-refractivity contribution in [2.75, 3.05) is 7.05 Å². The molecule has 0 aliphatic heterocycles. The van der Waals surface area contributed by atoms with Crippen molar-refractivity contribution < 1.29 is 13.6 Å². The minimum Gasteiger partial charge on any atom is -0.409 e. The van der Waals surface area contributed by atoms with Gasteiger partial charge in [-0.1, -0.05) is 5.16 Å². The van der Waals surface area contributed by atoms with Gasteiger partial charge in [0.2, 0.25) is 10.0 Å². The molecule has 15 heavy (non-hydrogen) atoms. The highest BCUT2D eigenvalue weighted by Crippen LogP contribution is 2.09. The van der Waals surface area contributed by atoms with Crippen LogP contribution >= 0.6 is 0 Å². The lowest BCUT2D eigenvalue weighted by Crippen LogP contribution is -2.19. The van der Waals surface area contributed by atoms with Crippen molar-refractivity contribution >= 4 is 15.9 Å². The van der Waals surface area contributed by atoms with Crippen molar-refractivity contribution in [2.24, 2.45) is 10.9 Å². The fourth-order valence-corrected chi connectivity index (χ4v) is 1.71. The van der Waals surface area contributed by atoms with Gasteiger partial charge in [-0.05, 0) is 31.3 Å². The number of hydrogen-bond acceptors (Lipinski definition) is 4. The molecule has 4 N–H and O–H groups in total. The van der Waals surface area contributed by atoms with E-state index in [0.717, 1.165) is 0 Å². The Morgan fingerprint density at radius 2 is 1.93 bits per heavy atom. The molecule has 1 aromatic rings. The van der Waals surface area contributed by atoms with Gasteiger partial charge in [-0.2, -0.15) is 0 Å². The minimum absolute atomic E-state index is 0.0663. The minimum atomic E-state index is -3.44. The molecule has 7 heteroatoms. The quantitative estimate of drug-likeness (QED) is 0.286. The van der Waals surface area contributed by atoms with Crippen molar-refractivity contribution in [2.45, 2.75) is 4.90 Å². The molecule has 0 aliphatic carbocycles. The molecule has 0 radical (unpaired) electrons. The van der Waals surface area contributed by atoms with Crippen LogP contribution in [0, 0.1) is 0 Å². The zero-order chi connectivity index (χ0) is 11.5. The molecule has 0 aliphatic rings. The van der Waals surface area contributed by atoms with Crippen molar-refractivity contribution in [1.82, 2.24) is 4.72 Å². The first-order valence-electron chi connectivity index (χ1n) is 4.03. The molecule has 0 spiro atoms. The van der Waals surface area contributed by atoms with Crippen LogP contribution in [0.15, 0.2) is 34.3 Å². The normalized spacial score (nSPS) is 12.7. The number of nitrogens with zero attached hydrogens (tertiary/aromatic N) is 1. The molecule has 0 heterocycles. The van der Waals surface area contributed by atoms with Crippen LogP contribution < -0.4 is 10.5 Å². The average Bonchev–Trinajstić information content (AvgIpc) is 2.28. The summed E-state index contributed by atoms with van der Waals surface area (Å²) in [7, 11) is -2.11.